The zero-order valence-electron chi connectivity index (χ0n) is 11.3. The predicted molar refractivity (Wildman–Crippen MR) is 73.4 cm³/mol. The molecule has 3 nitrogen and oxygen atoms in total. The Balaban J connectivity index is 2.48. The summed E-state index contributed by atoms with van der Waals surface area (Å²) in [7, 11) is 1.46. The van der Waals surface area contributed by atoms with Gasteiger partial charge < -0.3 is 10.1 Å². The second-order valence-corrected chi connectivity index (χ2v) is 6.09. The van der Waals surface area contributed by atoms with Crippen LogP contribution in [0.25, 0.3) is 0 Å². The molecule has 0 saturated heterocycles. The molecule has 1 aliphatic carbocycles. The molecule has 17 heavy (non-hydrogen) atoms. The van der Waals surface area contributed by atoms with Crippen molar-refractivity contribution >= 4 is 17.7 Å². The van der Waals surface area contributed by atoms with Crippen LogP contribution in [0.15, 0.2) is 0 Å². The van der Waals surface area contributed by atoms with E-state index in [1.54, 1.807) is 0 Å². The number of nitrogens with one attached hydrogen (secondary N) is 1. The van der Waals surface area contributed by atoms with Gasteiger partial charge in [0.15, 0.2) is 0 Å². The maximum absolute atomic E-state index is 11.5. The van der Waals surface area contributed by atoms with E-state index < -0.39 is 0 Å². The predicted octanol–water partition coefficient (Wildman–Crippen LogP) is 2.59. The van der Waals surface area contributed by atoms with Gasteiger partial charge in [-0.1, -0.05) is 26.2 Å². The van der Waals surface area contributed by atoms with Gasteiger partial charge in [0.2, 0.25) is 0 Å². The number of ether oxygens (including phenoxy) is 1. The largest absolute Gasteiger partial charge is 0.468 e. The molecule has 0 radical (unpaired) electrons. The lowest BCUT2D eigenvalue weighted by atomic mass is 9.88. The van der Waals surface area contributed by atoms with Crippen LogP contribution in [0, 0.1) is 0 Å². The van der Waals surface area contributed by atoms with Crippen molar-refractivity contribution in [3.05, 3.63) is 0 Å². The monoisotopic (exact) mass is 259 g/mol. The third kappa shape index (κ3) is 4.18. The fourth-order valence-electron chi connectivity index (χ4n) is 2.49. The Labute approximate surface area is 109 Å². The van der Waals surface area contributed by atoms with Crippen LogP contribution in [-0.4, -0.2) is 36.7 Å². The molecule has 0 amide bonds. The van der Waals surface area contributed by atoms with Crippen LogP contribution in [0.1, 0.15) is 45.4 Å². The zero-order chi connectivity index (χ0) is 12.7. The topological polar surface area (TPSA) is 38.3 Å². The van der Waals surface area contributed by atoms with E-state index >= 15 is 0 Å². The van der Waals surface area contributed by atoms with Gasteiger partial charge in [0.05, 0.1) is 7.11 Å². The van der Waals surface area contributed by atoms with E-state index in [0.717, 1.165) is 13.0 Å². The first kappa shape index (κ1) is 14.8. The minimum atomic E-state index is -0.147. The first-order valence-corrected chi connectivity index (χ1v) is 7.76. The highest BCUT2D eigenvalue weighted by molar-refractivity contribution is 8.00. The second kappa shape index (κ2) is 7.27. The average molecular weight is 259 g/mol. The number of carbonyl (C=O) groups is 1. The van der Waals surface area contributed by atoms with E-state index in [1.165, 1.54) is 39.2 Å². The fourth-order valence-corrected chi connectivity index (χ4v) is 3.42. The third-order valence-corrected chi connectivity index (χ3v) is 5.18. The van der Waals surface area contributed by atoms with Crippen LogP contribution in [-0.2, 0) is 9.53 Å². The molecule has 1 fully saturated rings. The van der Waals surface area contributed by atoms with Crippen LogP contribution in [0.3, 0.4) is 0 Å². The SMILES string of the molecule is CCC(NCC1(SC)CCCCC1)C(=O)OC. The zero-order valence-corrected chi connectivity index (χ0v) is 12.1. The number of carbonyl (C=O) groups excluding carboxylic acids is 1. The summed E-state index contributed by atoms with van der Waals surface area (Å²) >= 11 is 1.95. The highest BCUT2D eigenvalue weighted by Gasteiger charge is 2.32. The Kier molecular flexibility index (Phi) is 6.34. The molecule has 1 N–H and O–H groups in total. The molecule has 1 rings (SSSR count). The molecule has 0 bridgehead atoms. The lowest BCUT2D eigenvalue weighted by Gasteiger charge is -2.36. The minimum absolute atomic E-state index is 0.139. The van der Waals surface area contributed by atoms with E-state index in [4.69, 9.17) is 4.74 Å². The Morgan fingerprint density at radius 1 is 1.41 bits per heavy atom. The van der Waals surface area contributed by atoms with Crippen molar-refractivity contribution in [2.24, 2.45) is 0 Å². The number of hydrogen-bond donors (Lipinski definition) is 1. The van der Waals surface area contributed by atoms with Gasteiger partial charge in [-0.15, -0.1) is 0 Å². The fraction of sp³-hybridized carbons (Fsp3) is 0.923. The molecule has 100 valence electrons. The van der Waals surface area contributed by atoms with Crippen LogP contribution in [0.4, 0.5) is 0 Å². The first-order valence-electron chi connectivity index (χ1n) is 6.54. The van der Waals surface area contributed by atoms with Gasteiger partial charge in [0, 0.05) is 11.3 Å². The van der Waals surface area contributed by atoms with E-state index in [1.807, 2.05) is 18.7 Å². The van der Waals surface area contributed by atoms with Gasteiger partial charge in [0.25, 0.3) is 0 Å². The molecule has 1 aliphatic rings. The Hall–Kier alpha value is -0.220. The van der Waals surface area contributed by atoms with Crippen LogP contribution < -0.4 is 5.32 Å². The number of methoxy groups -OCH3 is 1. The van der Waals surface area contributed by atoms with Gasteiger partial charge in [-0.25, -0.2) is 0 Å². The Morgan fingerprint density at radius 3 is 2.53 bits per heavy atom. The summed E-state index contributed by atoms with van der Waals surface area (Å²) in [5.41, 5.74) is 0. The second-order valence-electron chi connectivity index (χ2n) is 4.81. The first-order chi connectivity index (χ1) is 8.17. The van der Waals surface area contributed by atoms with E-state index in [9.17, 15) is 4.79 Å². The smallest absolute Gasteiger partial charge is 0.322 e. The van der Waals surface area contributed by atoms with Crippen molar-refractivity contribution in [3.8, 4) is 0 Å². The van der Waals surface area contributed by atoms with Gasteiger partial charge in [-0.2, -0.15) is 11.8 Å². The number of rotatable bonds is 6. The summed E-state index contributed by atoms with van der Waals surface area (Å²) in [6.07, 6.45) is 9.49. The van der Waals surface area contributed by atoms with Crippen LogP contribution >= 0.6 is 11.8 Å². The van der Waals surface area contributed by atoms with Crippen molar-refractivity contribution in [1.82, 2.24) is 5.32 Å². The number of hydrogen-bond acceptors (Lipinski definition) is 4. The van der Waals surface area contributed by atoms with E-state index in [-0.39, 0.29) is 12.0 Å². The Bertz CT molecular complexity index is 240. The molecule has 1 saturated carbocycles. The number of thioether (sulfide) groups is 1. The van der Waals surface area contributed by atoms with Crippen molar-refractivity contribution in [3.63, 3.8) is 0 Å². The van der Waals surface area contributed by atoms with E-state index in [0.29, 0.717) is 4.75 Å². The summed E-state index contributed by atoms with van der Waals surface area (Å²) in [5.74, 6) is -0.139. The summed E-state index contributed by atoms with van der Waals surface area (Å²) in [6, 6.07) is -0.147. The summed E-state index contributed by atoms with van der Waals surface area (Å²) in [4.78, 5) is 11.5. The van der Waals surface area contributed by atoms with Gasteiger partial charge in [0.1, 0.15) is 6.04 Å². The lowest BCUT2D eigenvalue weighted by Crippen LogP contribution is -2.46. The molecular weight excluding hydrogens is 234 g/mol. The molecule has 0 heterocycles. The van der Waals surface area contributed by atoms with Crippen molar-refractivity contribution < 1.29 is 9.53 Å². The van der Waals surface area contributed by atoms with Gasteiger partial charge in [-0.05, 0) is 25.5 Å². The molecule has 1 atom stereocenters. The standard InChI is InChI=1S/C13H25NO2S/c1-4-11(12(15)16-2)14-10-13(17-3)8-6-5-7-9-13/h11,14H,4-10H2,1-3H3. The quantitative estimate of drug-likeness (QED) is 0.744. The summed E-state index contributed by atoms with van der Waals surface area (Å²) in [6.45, 7) is 2.93. The van der Waals surface area contributed by atoms with Gasteiger partial charge in [-0.3, -0.25) is 4.79 Å². The highest BCUT2D eigenvalue weighted by atomic mass is 32.2. The van der Waals surface area contributed by atoms with Crippen molar-refractivity contribution in [1.29, 1.82) is 0 Å². The Morgan fingerprint density at radius 2 is 2.06 bits per heavy atom. The third-order valence-electron chi connectivity index (χ3n) is 3.76. The molecule has 0 spiro atoms. The van der Waals surface area contributed by atoms with E-state index in [2.05, 4.69) is 11.6 Å². The highest BCUT2D eigenvalue weighted by Crippen LogP contribution is 2.38. The van der Waals surface area contributed by atoms with Crippen molar-refractivity contribution in [2.75, 3.05) is 19.9 Å². The molecule has 0 aliphatic heterocycles. The molecule has 4 heteroatoms. The molecule has 1 unspecified atom stereocenters. The van der Waals surface area contributed by atoms with Crippen molar-refractivity contribution in [2.45, 2.75) is 56.2 Å². The molecule has 0 aromatic rings. The van der Waals surface area contributed by atoms with Crippen LogP contribution in [0.5, 0.6) is 0 Å². The summed E-state index contributed by atoms with van der Waals surface area (Å²) in [5, 5.41) is 3.39. The average Bonchev–Trinajstić information content (AvgIpc) is 2.40. The maximum atomic E-state index is 11.5. The maximum Gasteiger partial charge on any atom is 0.322 e. The normalized spacial score (nSPS) is 20.9. The lowest BCUT2D eigenvalue weighted by molar-refractivity contribution is -0.143. The molecule has 0 aromatic carbocycles. The molecule has 0 aromatic heterocycles. The van der Waals surface area contributed by atoms with Crippen LogP contribution in [0.2, 0.25) is 0 Å². The number of esters is 1. The molecular formula is C13H25NO2S. The van der Waals surface area contributed by atoms with Gasteiger partial charge >= 0.3 is 5.97 Å². The minimum Gasteiger partial charge on any atom is -0.468 e. The summed E-state index contributed by atoms with van der Waals surface area (Å²) < 4.78 is 5.13.